The summed E-state index contributed by atoms with van der Waals surface area (Å²) in [4.78, 5) is 31.0. The van der Waals surface area contributed by atoms with E-state index in [0.29, 0.717) is 12.7 Å². The molecule has 6 heteroatoms. The van der Waals surface area contributed by atoms with Crippen molar-refractivity contribution in [3.63, 3.8) is 0 Å². The normalized spacial score (nSPS) is 14.1. The van der Waals surface area contributed by atoms with Crippen LogP contribution in [0.25, 0.3) is 0 Å². The first-order valence-corrected chi connectivity index (χ1v) is 4.35. The number of nitrogens with one attached hydrogen (secondary N) is 1. The Morgan fingerprint density at radius 2 is 2.21 bits per heavy atom. The lowest BCUT2D eigenvalue weighted by molar-refractivity contribution is -0.484. The topological polar surface area (TPSA) is 89.3 Å². The minimum Gasteiger partial charge on any atom is -0.346 e. The molecule has 0 saturated carbocycles. The largest absolute Gasteiger partial charge is 0.346 e. The van der Waals surface area contributed by atoms with Crippen LogP contribution in [0.5, 0.6) is 0 Å². The zero-order chi connectivity index (χ0) is 11.1. The average molecular weight is 202 g/mol. The van der Waals surface area contributed by atoms with Crippen LogP contribution in [0.15, 0.2) is 0 Å². The predicted octanol–water partition coefficient (Wildman–Crippen LogP) is -0.00710. The maximum Gasteiger partial charge on any atom is 0.224 e. The molecule has 0 heterocycles. The zero-order valence-corrected chi connectivity index (χ0v) is 8.23. The summed E-state index contributed by atoms with van der Waals surface area (Å²) in [5.41, 5.74) is 0. The van der Waals surface area contributed by atoms with E-state index in [0.717, 1.165) is 0 Å². The number of nitrogens with zero attached hydrogens (tertiary/aromatic N) is 1. The molecule has 14 heavy (non-hydrogen) atoms. The number of aldehydes is 1. The summed E-state index contributed by atoms with van der Waals surface area (Å²) in [5.74, 6) is -0.860. The van der Waals surface area contributed by atoms with Gasteiger partial charge in [0, 0.05) is 17.8 Å². The van der Waals surface area contributed by atoms with Crippen LogP contribution in [0.3, 0.4) is 0 Å². The zero-order valence-electron chi connectivity index (χ0n) is 8.23. The monoisotopic (exact) mass is 202 g/mol. The van der Waals surface area contributed by atoms with Gasteiger partial charge in [-0.25, -0.2) is 0 Å². The molecule has 0 aliphatic heterocycles. The summed E-state index contributed by atoms with van der Waals surface area (Å²) in [7, 11) is 0. The number of hydrogen-bond acceptors (Lipinski definition) is 4. The van der Waals surface area contributed by atoms with Gasteiger partial charge in [-0.05, 0) is 6.42 Å². The second-order valence-corrected chi connectivity index (χ2v) is 3.03. The van der Waals surface area contributed by atoms with Crippen molar-refractivity contribution in [3.05, 3.63) is 10.1 Å². The summed E-state index contributed by atoms with van der Waals surface area (Å²) < 4.78 is 0. The van der Waals surface area contributed by atoms with Gasteiger partial charge in [0.25, 0.3) is 0 Å². The van der Waals surface area contributed by atoms with Crippen LogP contribution in [-0.4, -0.2) is 29.7 Å². The van der Waals surface area contributed by atoms with E-state index in [4.69, 9.17) is 0 Å². The van der Waals surface area contributed by atoms with Gasteiger partial charge in [-0.3, -0.25) is 14.9 Å². The minimum absolute atomic E-state index is 0.364. The average Bonchev–Trinajstić information content (AvgIpc) is 2.03. The lowest BCUT2D eigenvalue weighted by atomic mass is 9.98. The molecule has 80 valence electrons. The molecule has 0 spiro atoms. The Hall–Kier alpha value is -1.46. The molecule has 0 aromatic carbocycles. The van der Waals surface area contributed by atoms with E-state index in [1.54, 1.807) is 6.92 Å². The van der Waals surface area contributed by atoms with Crippen LogP contribution in [0.1, 0.15) is 20.3 Å². The minimum atomic E-state index is -0.704. The first-order valence-electron chi connectivity index (χ1n) is 4.35. The van der Waals surface area contributed by atoms with Crippen molar-refractivity contribution in [3.8, 4) is 0 Å². The summed E-state index contributed by atoms with van der Waals surface area (Å²) >= 11 is 0. The Morgan fingerprint density at radius 3 is 2.50 bits per heavy atom. The highest BCUT2D eigenvalue weighted by Gasteiger charge is 2.25. The molecule has 0 bridgehead atoms. The summed E-state index contributed by atoms with van der Waals surface area (Å²) in [6.45, 7) is 2.59. The molecule has 6 nitrogen and oxygen atoms in total. The second kappa shape index (κ2) is 6.06. The Labute approximate surface area is 81.8 Å². The number of nitro groups is 1. The molecule has 1 N–H and O–H groups in total. The van der Waals surface area contributed by atoms with Gasteiger partial charge in [0.05, 0.1) is 0 Å². The lowest BCUT2D eigenvalue weighted by Crippen LogP contribution is -2.44. The molecule has 0 saturated heterocycles. The quantitative estimate of drug-likeness (QED) is 0.372. The fraction of sp³-hybridized carbons (Fsp3) is 0.750. The molecule has 0 aromatic rings. The number of carbonyl (C=O) groups is 2. The molecule has 1 amide bonds. The lowest BCUT2D eigenvalue weighted by Gasteiger charge is -2.18. The van der Waals surface area contributed by atoms with Gasteiger partial charge in [-0.1, -0.05) is 6.92 Å². The maximum atomic E-state index is 10.7. The van der Waals surface area contributed by atoms with E-state index in [1.807, 2.05) is 0 Å². The highest BCUT2D eigenvalue weighted by molar-refractivity contribution is 5.73. The Morgan fingerprint density at radius 1 is 1.64 bits per heavy atom. The van der Waals surface area contributed by atoms with Crippen LogP contribution in [0.2, 0.25) is 0 Å². The molecule has 0 fully saturated rings. The van der Waals surface area contributed by atoms with E-state index >= 15 is 0 Å². The second-order valence-electron chi connectivity index (χ2n) is 3.03. The van der Waals surface area contributed by atoms with Gasteiger partial charge in [-0.2, -0.15) is 0 Å². The van der Waals surface area contributed by atoms with Crippen molar-refractivity contribution in [1.29, 1.82) is 0 Å². The fourth-order valence-corrected chi connectivity index (χ4v) is 1.19. The molecular weight excluding hydrogens is 188 g/mol. The van der Waals surface area contributed by atoms with E-state index in [9.17, 15) is 19.7 Å². The number of rotatable bonds is 6. The third-order valence-corrected chi connectivity index (χ3v) is 1.90. The molecule has 0 radical (unpaired) electrons. The van der Waals surface area contributed by atoms with Crippen molar-refractivity contribution in [2.24, 2.45) is 5.92 Å². The third-order valence-electron chi connectivity index (χ3n) is 1.90. The van der Waals surface area contributed by atoms with Crippen molar-refractivity contribution in [1.82, 2.24) is 5.32 Å². The van der Waals surface area contributed by atoms with E-state index in [1.165, 1.54) is 6.92 Å². The van der Waals surface area contributed by atoms with E-state index in [2.05, 4.69) is 5.32 Å². The Kier molecular flexibility index (Phi) is 5.43. The molecule has 2 atom stereocenters. The van der Waals surface area contributed by atoms with Gasteiger partial charge in [-0.15, -0.1) is 0 Å². The van der Waals surface area contributed by atoms with Gasteiger partial charge in [0.2, 0.25) is 12.5 Å². The number of amides is 1. The van der Waals surface area contributed by atoms with Gasteiger partial charge in [0.15, 0.2) is 0 Å². The van der Waals surface area contributed by atoms with Gasteiger partial charge >= 0.3 is 0 Å². The fourth-order valence-electron chi connectivity index (χ4n) is 1.19. The standard InChI is InChI=1S/C8H14N2O4/c1-3-7(5-11)8(4-10(13)14)9-6(2)12/h5,7-8H,3-4H2,1-2H3,(H,9,12)/t7-,8+/m0/s1. The van der Waals surface area contributed by atoms with Gasteiger partial charge < -0.3 is 10.1 Å². The Bertz CT molecular complexity index is 213. The number of carbonyl (C=O) groups excluding carboxylic acids is 2. The van der Waals surface area contributed by atoms with Gasteiger partial charge in [0.1, 0.15) is 12.3 Å². The van der Waals surface area contributed by atoms with E-state index in [-0.39, 0.29) is 5.91 Å². The van der Waals surface area contributed by atoms with Crippen LogP contribution < -0.4 is 5.32 Å². The SMILES string of the molecule is CC[C@@H](C=O)[C@@H](C[N+](=O)[O-])NC(C)=O. The van der Waals surface area contributed by atoms with Crippen molar-refractivity contribution < 1.29 is 14.5 Å². The molecular formula is C8H14N2O4. The van der Waals surface area contributed by atoms with Crippen LogP contribution in [0, 0.1) is 16.0 Å². The van der Waals surface area contributed by atoms with Crippen molar-refractivity contribution in [2.75, 3.05) is 6.54 Å². The maximum absolute atomic E-state index is 10.7. The molecule has 0 rings (SSSR count). The smallest absolute Gasteiger partial charge is 0.224 e. The molecule has 0 aromatic heterocycles. The molecule has 0 unspecified atom stereocenters. The van der Waals surface area contributed by atoms with E-state index < -0.39 is 23.4 Å². The summed E-state index contributed by atoms with van der Waals surface area (Å²) in [6.07, 6.45) is 1.12. The summed E-state index contributed by atoms with van der Waals surface area (Å²) in [5, 5.41) is 12.7. The Balaban J connectivity index is 4.42. The van der Waals surface area contributed by atoms with Crippen LogP contribution >= 0.6 is 0 Å². The van der Waals surface area contributed by atoms with Crippen LogP contribution in [-0.2, 0) is 9.59 Å². The number of hydrogen-bond donors (Lipinski definition) is 1. The molecule has 0 aliphatic rings. The van der Waals surface area contributed by atoms with Crippen LogP contribution in [0.4, 0.5) is 0 Å². The predicted molar refractivity (Wildman–Crippen MR) is 49.3 cm³/mol. The first-order chi connectivity index (χ1) is 6.51. The third kappa shape index (κ3) is 4.54. The molecule has 0 aliphatic carbocycles. The summed E-state index contributed by atoms with van der Waals surface area (Å²) in [6, 6.07) is -0.704. The van der Waals surface area contributed by atoms with Crippen molar-refractivity contribution in [2.45, 2.75) is 26.3 Å². The first kappa shape index (κ1) is 12.5. The highest BCUT2D eigenvalue weighted by atomic mass is 16.6. The highest BCUT2D eigenvalue weighted by Crippen LogP contribution is 2.06. The van der Waals surface area contributed by atoms with Crippen molar-refractivity contribution >= 4 is 12.2 Å².